The lowest BCUT2D eigenvalue weighted by atomic mass is 9.49. The lowest BCUT2D eigenvalue weighted by Gasteiger charge is -2.63. The van der Waals surface area contributed by atoms with Gasteiger partial charge in [-0.25, -0.2) is 9.97 Å². The van der Waals surface area contributed by atoms with Gasteiger partial charge in [-0.3, -0.25) is 4.79 Å². The average molecular weight is 540 g/mol. The van der Waals surface area contributed by atoms with Crippen LogP contribution in [0.15, 0.2) is 30.6 Å². The van der Waals surface area contributed by atoms with E-state index in [4.69, 9.17) is 21.6 Å². The van der Waals surface area contributed by atoms with Crippen molar-refractivity contribution in [3.63, 3.8) is 0 Å². The van der Waals surface area contributed by atoms with E-state index in [1.165, 1.54) is 0 Å². The van der Waals surface area contributed by atoms with Gasteiger partial charge in [0.15, 0.2) is 0 Å². The van der Waals surface area contributed by atoms with Crippen molar-refractivity contribution in [1.82, 2.24) is 15.3 Å². The van der Waals surface area contributed by atoms with Crippen molar-refractivity contribution < 1.29 is 14.6 Å². The summed E-state index contributed by atoms with van der Waals surface area (Å²) in [6, 6.07) is 6.98. The summed E-state index contributed by atoms with van der Waals surface area (Å²) in [5.74, 6) is 1.66. The molecule has 1 aliphatic heterocycles. The monoisotopic (exact) mass is 539 g/mol. The Balaban J connectivity index is 1.35. The Hall–Kier alpha value is -2.89. The predicted molar refractivity (Wildman–Crippen MR) is 147 cm³/mol. The Morgan fingerprint density at radius 2 is 1.87 bits per heavy atom. The van der Waals surface area contributed by atoms with Crippen LogP contribution in [0, 0.1) is 28.1 Å². The number of piperidine rings is 1. The topological polar surface area (TPSA) is 111 Å². The number of hydrogen-bond donors (Lipinski definition) is 2. The van der Waals surface area contributed by atoms with Gasteiger partial charge >= 0.3 is 0 Å². The zero-order valence-corrected chi connectivity index (χ0v) is 23.6. The van der Waals surface area contributed by atoms with Gasteiger partial charge in [-0.15, -0.1) is 0 Å². The van der Waals surface area contributed by atoms with Crippen LogP contribution in [-0.2, 0) is 0 Å². The van der Waals surface area contributed by atoms with Gasteiger partial charge in [0, 0.05) is 48.4 Å². The molecule has 38 heavy (non-hydrogen) atoms. The number of nitrogens with one attached hydrogen (secondary N) is 1. The van der Waals surface area contributed by atoms with E-state index in [0.717, 1.165) is 38.8 Å². The summed E-state index contributed by atoms with van der Waals surface area (Å²) < 4.78 is 6.31. The number of benzene rings is 1. The third-order valence-corrected chi connectivity index (χ3v) is 8.53. The highest BCUT2D eigenvalue weighted by Gasteiger charge is 2.64. The summed E-state index contributed by atoms with van der Waals surface area (Å²) in [6.07, 6.45) is 6.79. The van der Waals surface area contributed by atoms with Crippen LogP contribution >= 0.6 is 11.6 Å². The maximum Gasteiger partial charge on any atom is 0.254 e. The molecule has 1 aromatic carbocycles. The summed E-state index contributed by atoms with van der Waals surface area (Å²) >= 11 is 6.19. The van der Waals surface area contributed by atoms with E-state index < -0.39 is 0 Å². The normalized spacial score (nSPS) is 23.2. The summed E-state index contributed by atoms with van der Waals surface area (Å²) in [4.78, 5) is 24.3. The summed E-state index contributed by atoms with van der Waals surface area (Å²) in [5.41, 5.74) is 0.133. The SMILES string of the molecule is CC(O)CCC1CCN(c2ncc(C(=O)NC3C(C)(C)C(Oc4ccc(C#N)c(Cl)c4)C3(C)C)cn2)CC1. The van der Waals surface area contributed by atoms with Gasteiger partial charge < -0.3 is 20.1 Å². The van der Waals surface area contributed by atoms with Gasteiger partial charge in [0.25, 0.3) is 5.91 Å². The van der Waals surface area contributed by atoms with Crippen molar-refractivity contribution in [2.75, 3.05) is 18.0 Å². The number of ether oxygens (including phenoxy) is 1. The molecule has 2 heterocycles. The molecule has 8 nitrogen and oxygen atoms in total. The summed E-state index contributed by atoms with van der Waals surface area (Å²) in [6.45, 7) is 11.9. The maximum atomic E-state index is 13.1. The zero-order chi connectivity index (χ0) is 27.7. The molecule has 0 spiro atoms. The van der Waals surface area contributed by atoms with Crippen molar-refractivity contribution in [3.8, 4) is 11.8 Å². The van der Waals surface area contributed by atoms with Crippen LogP contribution in [0.1, 0.15) is 76.2 Å². The predicted octanol–water partition coefficient (Wildman–Crippen LogP) is 4.99. The van der Waals surface area contributed by atoms with E-state index in [1.807, 2.05) is 6.92 Å². The van der Waals surface area contributed by atoms with E-state index in [2.05, 4.69) is 53.9 Å². The fourth-order valence-electron chi connectivity index (χ4n) is 6.31. The fraction of sp³-hybridized carbons (Fsp3) is 0.586. The number of nitriles is 1. The Bertz CT molecular complexity index is 1170. The number of halogens is 1. The second-order valence-corrected chi connectivity index (χ2v) is 12.3. The molecule has 1 aromatic heterocycles. The average Bonchev–Trinajstić information content (AvgIpc) is 2.89. The van der Waals surface area contributed by atoms with E-state index in [1.54, 1.807) is 30.6 Å². The van der Waals surface area contributed by atoms with Gasteiger partial charge in [0.1, 0.15) is 17.9 Å². The largest absolute Gasteiger partial charge is 0.489 e. The van der Waals surface area contributed by atoms with Gasteiger partial charge in [0.2, 0.25) is 5.95 Å². The lowest BCUT2D eigenvalue weighted by Crippen LogP contribution is -2.74. The van der Waals surface area contributed by atoms with Crippen molar-refractivity contribution in [3.05, 3.63) is 46.7 Å². The van der Waals surface area contributed by atoms with Crippen LogP contribution in [0.25, 0.3) is 0 Å². The molecule has 2 aromatic rings. The van der Waals surface area contributed by atoms with Crippen molar-refractivity contribution >= 4 is 23.5 Å². The second kappa shape index (κ2) is 11.1. The highest BCUT2D eigenvalue weighted by Crippen LogP contribution is 2.55. The molecular formula is C29H38ClN5O3. The fourth-order valence-corrected chi connectivity index (χ4v) is 6.52. The molecule has 204 valence electrons. The number of carbonyl (C=O) groups excluding carboxylic acids is 1. The number of carbonyl (C=O) groups is 1. The zero-order valence-electron chi connectivity index (χ0n) is 22.9. The summed E-state index contributed by atoms with van der Waals surface area (Å²) in [5, 5.41) is 22.2. The number of amides is 1. The first-order valence-electron chi connectivity index (χ1n) is 13.4. The first-order chi connectivity index (χ1) is 17.9. The van der Waals surface area contributed by atoms with Crippen molar-refractivity contribution in [1.29, 1.82) is 5.26 Å². The van der Waals surface area contributed by atoms with E-state index in [0.29, 0.717) is 33.8 Å². The van der Waals surface area contributed by atoms with Gasteiger partial charge in [-0.2, -0.15) is 5.26 Å². The first kappa shape index (κ1) is 28.1. The van der Waals surface area contributed by atoms with Crippen LogP contribution in [0.3, 0.4) is 0 Å². The minimum absolute atomic E-state index is 0.137. The van der Waals surface area contributed by atoms with Crippen molar-refractivity contribution in [2.24, 2.45) is 16.7 Å². The van der Waals surface area contributed by atoms with Gasteiger partial charge in [-0.1, -0.05) is 39.3 Å². The molecule has 1 atom stereocenters. The molecule has 1 aliphatic carbocycles. The Morgan fingerprint density at radius 3 is 2.42 bits per heavy atom. The number of rotatable bonds is 8. The number of aliphatic hydroxyl groups is 1. The molecule has 1 unspecified atom stereocenters. The molecular weight excluding hydrogens is 502 g/mol. The molecule has 2 aliphatic rings. The van der Waals surface area contributed by atoms with Crippen molar-refractivity contribution in [2.45, 2.75) is 78.6 Å². The molecule has 9 heteroatoms. The van der Waals surface area contributed by atoms with E-state index >= 15 is 0 Å². The molecule has 2 fully saturated rings. The molecule has 1 saturated heterocycles. The number of aliphatic hydroxyl groups excluding tert-OH is 1. The lowest BCUT2D eigenvalue weighted by molar-refractivity contribution is -0.164. The third kappa shape index (κ3) is 5.74. The number of nitrogens with zero attached hydrogens (tertiary/aromatic N) is 4. The van der Waals surface area contributed by atoms with Gasteiger partial charge in [0.05, 0.1) is 22.3 Å². The maximum absolute atomic E-state index is 13.1. The summed E-state index contributed by atoms with van der Waals surface area (Å²) in [7, 11) is 0. The smallest absolute Gasteiger partial charge is 0.254 e. The standard InChI is InChI=1S/C29H38ClN5O3/c1-18(36)6-7-19-10-12-35(13-11-19)27-32-16-21(17-33-27)24(37)34-25-28(2,3)26(29(25,4)5)38-22-9-8-20(15-31)23(30)14-22/h8-9,14,16-19,25-26,36H,6-7,10-13H2,1-5H3,(H,34,37). The molecule has 1 saturated carbocycles. The highest BCUT2D eigenvalue weighted by molar-refractivity contribution is 6.31. The number of anilines is 1. The number of aromatic nitrogens is 2. The van der Waals surface area contributed by atoms with Crippen LogP contribution in [-0.4, -0.2) is 52.3 Å². The number of hydrogen-bond acceptors (Lipinski definition) is 7. The first-order valence-corrected chi connectivity index (χ1v) is 13.7. The molecule has 0 radical (unpaired) electrons. The van der Waals surface area contributed by atoms with Crippen LogP contribution in [0.4, 0.5) is 5.95 Å². The highest BCUT2D eigenvalue weighted by atomic mass is 35.5. The van der Waals surface area contributed by atoms with Crippen LogP contribution in [0.2, 0.25) is 5.02 Å². The van der Waals surface area contributed by atoms with E-state index in [-0.39, 0.29) is 35.0 Å². The molecule has 4 rings (SSSR count). The third-order valence-electron chi connectivity index (χ3n) is 8.22. The Labute approximate surface area is 230 Å². The second-order valence-electron chi connectivity index (χ2n) is 11.9. The van der Waals surface area contributed by atoms with Gasteiger partial charge in [-0.05, 0) is 50.7 Å². The minimum atomic E-state index is -0.349. The van der Waals surface area contributed by atoms with Crippen LogP contribution in [0.5, 0.6) is 5.75 Å². The quantitative estimate of drug-likeness (QED) is 0.486. The molecule has 0 bridgehead atoms. The van der Waals surface area contributed by atoms with Crippen LogP contribution < -0.4 is 15.0 Å². The molecule has 2 N–H and O–H groups in total. The Kier molecular flexibility index (Phi) is 8.20. The van der Waals surface area contributed by atoms with E-state index in [9.17, 15) is 9.90 Å². The minimum Gasteiger partial charge on any atom is -0.489 e. The Morgan fingerprint density at radius 1 is 1.24 bits per heavy atom. The molecule has 1 amide bonds.